The second-order valence-electron chi connectivity index (χ2n) is 5.31. The summed E-state index contributed by atoms with van der Waals surface area (Å²) in [4.78, 5) is 9.15. The van der Waals surface area contributed by atoms with Gasteiger partial charge in [0.05, 0.1) is 5.69 Å². The summed E-state index contributed by atoms with van der Waals surface area (Å²) in [7, 11) is 2.17. The molecule has 0 amide bonds. The molecule has 104 valence electrons. The highest BCUT2D eigenvalue weighted by atomic mass is 15.2. The van der Waals surface area contributed by atoms with Crippen LogP contribution in [-0.2, 0) is 0 Å². The lowest BCUT2D eigenvalue weighted by Crippen LogP contribution is -2.44. The Morgan fingerprint density at radius 2 is 1.70 bits per heavy atom. The molecule has 0 unspecified atom stereocenters. The van der Waals surface area contributed by atoms with Gasteiger partial charge in [-0.2, -0.15) is 0 Å². The predicted octanol–water partition coefficient (Wildman–Crippen LogP) is 2.08. The lowest BCUT2D eigenvalue weighted by Gasteiger charge is -2.34. The molecule has 1 aromatic heterocycles. The van der Waals surface area contributed by atoms with Crippen molar-refractivity contribution in [3.05, 3.63) is 42.6 Å². The van der Waals surface area contributed by atoms with Crippen LogP contribution < -0.4 is 10.6 Å². The third-order valence-corrected chi connectivity index (χ3v) is 3.82. The van der Waals surface area contributed by atoms with E-state index in [-0.39, 0.29) is 0 Å². The average Bonchev–Trinajstić information content (AvgIpc) is 2.48. The van der Waals surface area contributed by atoms with Gasteiger partial charge in [0.2, 0.25) is 0 Å². The molecular weight excluding hydrogens is 248 g/mol. The first-order valence-electron chi connectivity index (χ1n) is 6.98. The molecule has 4 nitrogen and oxygen atoms in total. The zero-order valence-electron chi connectivity index (χ0n) is 11.8. The number of pyridine rings is 1. The van der Waals surface area contributed by atoms with Crippen LogP contribution in [0.15, 0.2) is 42.6 Å². The van der Waals surface area contributed by atoms with Crippen LogP contribution in [0.4, 0.5) is 11.4 Å². The molecule has 2 aromatic rings. The molecule has 1 aromatic carbocycles. The van der Waals surface area contributed by atoms with E-state index < -0.39 is 0 Å². The number of hydrogen-bond donors (Lipinski definition) is 1. The van der Waals surface area contributed by atoms with Gasteiger partial charge in [0.1, 0.15) is 0 Å². The Morgan fingerprint density at radius 3 is 2.35 bits per heavy atom. The Kier molecular flexibility index (Phi) is 3.56. The summed E-state index contributed by atoms with van der Waals surface area (Å²) < 4.78 is 0. The van der Waals surface area contributed by atoms with Crippen molar-refractivity contribution in [3.63, 3.8) is 0 Å². The first-order chi connectivity index (χ1) is 9.72. The topological polar surface area (TPSA) is 45.4 Å². The van der Waals surface area contributed by atoms with Crippen molar-refractivity contribution in [1.82, 2.24) is 9.88 Å². The van der Waals surface area contributed by atoms with Crippen molar-refractivity contribution >= 4 is 11.4 Å². The number of rotatable bonds is 2. The van der Waals surface area contributed by atoms with E-state index in [1.165, 1.54) is 5.69 Å². The van der Waals surface area contributed by atoms with Crippen LogP contribution in [0.5, 0.6) is 0 Å². The fourth-order valence-corrected chi connectivity index (χ4v) is 2.51. The Bertz CT molecular complexity index is 571. The van der Waals surface area contributed by atoms with Crippen LogP contribution >= 0.6 is 0 Å². The molecule has 1 aliphatic rings. The minimum Gasteiger partial charge on any atom is -0.399 e. The second-order valence-corrected chi connectivity index (χ2v) is 5.31. The highest BCUT2D eigenvalue weighted by Gasteiger charge is 2.14. The molecule has 20 heavy (non-hydrogen) atoms. The molecule has 2 N–H and O–H groups in total. The highest BCUT2D eigenvalue weighted by molar-refractivity contribution is 5.65. The normalized spacial score (nSPS) is 16.4. The number of benzene rings is 1. The summed E-state index contributed by atoms with van der Waals surface area (Å²) in [6.07, 6.45) is 1.75. The number of likely N-dealkylation sites (N-methyl/N-ethyl adjacent to an activating group) is 1. The average molecular weight is 268 g/mol. The van der Waals surface area contributed by atoms with Gasteiger partial charge in [0.25, 0.3) is 0 Å². The molecule has 0 bridgehead atoms. The molecule has 0 atom stereocenters. The third-order valence-electron chi connectivity index (χ3n) is 3.82. The van der Waals surface area contributed by atoms with Gasteiger partial charge in [0.15, 0.2) is 0 Å². The molecule has 3 rings (SSSR count). The van der Waals surface area contributed by atoms with Gasteiger partial charge in [-0.3, -0.25) is 4.98 Å². The maximum absolute atomic E-state index is 5.80. The predicted molar refractivity (Wildman–Crippen MR) is 83.8 cm³/mol. The van der Waals surface area contributed by atoms with Crippen LogP contribution in [0, 0.1) is 0 Å². The molecule has 0 radical (unpaired) electrons. The summed E-state index contributed by atoms with van der Waals surface area (Å²) in [5, 5.41) is 0. The van der Waals surface area contributed by atoms with Crippen LogP contribution in [0.2, 0.25) is 0 Å². The molecule has 0 aliphatic carbocycles. The summed E-state index contributed by atoms with van der Waals surface area (Å²) >= 11 is 0. The first-order valence-corrected chi connectivity index (χ1v) is 6.98. The van der Waals surface area contributed by atoms with Crippen molar-refractivity contribution in [2.45, 2.75) is 0 Å². The Hall–Kier alpha value is -2.07. The fourth-order valence-electron chi connectivity index (χ4n) is 2.51. The van der Waals surface area contributed by atoms with Crippen LogP contribution in [-0.4, -0.2) is 43.1 Å². The van der Waals surface area contributed by atoms with E-state index in [4.69, 9.17) is 5.73 Å². The number of hydrogen-bond acceptors (Lipinski definition) is 4. The van der Waals surface area contributed by atoms with E-state index in [0.717, 1.165) is 43.1 Å². The molecule has 1 fully saturated rings. The Morgan fingerprint density at radius 1 is 1.00 bits per heavy atom. The fraction of sp³-hybridized carbons (Fsp3) is 0.312. The van der Waals surface area contributed by atoms with Crippen molar-refractivity contribution in [3.8, 4) is 11.3 Å². The van der Waals surface area contributed by atoms with Crippen molar-refractivity contribution < 1.29 is 0 Å². The van der Waals surface area contributed by atoms with E-state index in [0.29, 0.717) is 0 Å². The molecule has 4 heteroatoms. The maximum atomic E-state index is 5.80. The largest absolute Gasteiger partial charge is 0.399 e. The summed E-state index contributed by atoms with van der Waals surface area (Å²) in [5.74, 6) is 0. The SMILES string of the molecule is CN1CCN(c2ccc(-c3cc(N)ccn3)cc2)CC1. The third kappa shape index (κ3) is 2.75. The van der Waals surface area contributed by atoms with Gasteiger partial charge in [0, 0.05) is 49.3 Å². The number of nitrogen functional groups attached to an aromatic ring is 1. The molecule has 0 spiro atoms. The summed E-state index contributed by atoms with van der Waals surface area (Å²) in [6.45, 7) is 4.43. The van der Waals surface area contributed by atoms with Crippen LogP contribution in [0.3, 0.4) is 0 Å². The van der Waals surface area contributed by atoms with E-state index in [1.54, 1.807) is 6.20 Å². The Balaban J connectivity index is 1.78. The summed E-state index contributed by atoms with van der Waals surface area (Å²) in [6, 6.07) is 12.3. The van der Waals surface area contributed by atoms with Crippen molar-refractivity contribution in [2.75, 3.05) is 43.9 Å². The number of nitrogens with two attached hydrogens (primary N) is 1. The van der Waals surface area contributed by atoms with Gasteiger partial charge in [-0.1, -0.05) is 12.1 Å². The smallest absolute Gasteiger partial charge is 0.0722 e. The number of anilines is 2. The van der Waals surface area contributed by atoms with Gasteiger partial charge < -0.3 is 15.5 Å². The zero-order valence-corrected chi connectivity index (χ0v) is 11.8. The van der Waals surface area contributed by atoms with E-state index in [1.807, 2.05) is 12.1 Å². The molecule has 2 heterocycles. The van der Waals surface area contributed by atoms with Crippen molar-refractivity contribution in [2.24, 2.45) is 0 Å². The number of piperazine rings is 1. The van der Waals surface area contributed by atoms with Gasteiger partial charge >= 0.3 is 0 Å². The lowest BCUT2D eigenvalue weighted by molar-refractivity contribution is 0.313. The highest BCUT2D eigenvalue weighted by Crippen LogP contribution is 2.23. The standard InChI is InChI=1S/C16H20N4/c1-19-8-10-20(11-9-19)15-4-2-13(3-5-15)16-12-14(17)6-7-18-16/h2-7,12H,8-11H2,1H3,(H2,17,18). The van der Waals surface area contributed by atoms with Crippen LogP contribution in [0.1, 0.15) is 0 Å². The monoisotopic (exact) mass is 268 g/mol. The molecule has 1 aliphatic heterocycles. The van der Waals surface area contributed by atoms with E-state index in [9.17, 15) is 0 Å². The van der Waals surface area contributed by atoms with Crippen LogP contribution in [0.25, 0.3) is 11.3 Å². The second kappa shape index (κ2) is 5.51. The minimum absolute atomic E-state index is 0.748. The minimum atomic E-state index is 0.748. The van der Waals surface area contributed by atoms with E-state index in [2.05, 4.69) is 46.1 Å². The first kappa shape index (κ1) is 12.9. The molecular formula is C16H20N4. The van der Waals surface area contributed by atoms with Gasteiger partial charge in [-0.05, 0) is 31.3 Å². The lowest BCUT2D eigenvalue weighted by atomic mass is 10.1. The maximum Gasteiger partial charge on any atom is 0.0722 e. The van der Waals surface area contributed by atoms with Gasteiger partial charge in [-0.15, -0.1) is 0 Å². The zero-order chi connectivity index (χ0) is 13.9. The quantitative estimate of drug-likeness (QED) is 0.906. The van der Waals surface area contributed by atoms with Gasteiger partial charge in [-0.25, -0.2) is 0 Å². The molecule has 1 saturated heterocycles. The Labute approximate surface area is 119 Å². The van der Waals surface area contributed by atoms with E-state index >= 15 is 0 Å². The number of aromatic nitrogens is 1. The number of nitrogens with zero attached hydrogens (tertiary/aromatic N) is 3. The summed E-state index contributed by atoms with van der Waals surface area (Å²) in [5.41, 5.74) is 9.87. The van der Waals surface area contributed by atoms with Crippen molar-refractivity contribution in [1.29, 1.82) is 0 Å². The molecule has 0 saturated carbocycles.